The Bertz CT molecular complexity index is 1130. The van der Waals surface area contributed by atoms with Crippen LogP contribution in [0.3, 0.4) is 0 Å². The summed E-state index contributed by atoms with van der Waals surface area (Å²) in [7, 11) is 0. The van der Waals surface area contributed by atoms with Crippen molar-refractivity contribution in [1.29, 1.82) is 0 Å². The molecule has 1 unspecified atom stereocenters. The molecule has 3 heterocycles. The van der Waals surface area contributed by atoms with Crippen LogP contribution in [0.15, 0.2) is 41.1 Å². The quantitative estimate of drug-likeness (QED) is 0.203. The standard InChI is InChI=1S/C15H18OS.C6H6I2S.C6H7IS/c1-11-12(2)17-10-14(11)15(16)9-8-13-6-4-3-5-7-13;1-3-4(2)9-6(8)5(3)7;1-4-5(2)8-3-6(4)7/h3-7,10,15-16H,8-9H2,1-2H3;1-2H3;3H,1-2H3. The van der Waals surface area contributed by atoms with E-state index >= 15 is 0 Å². The lowest BCUT2D eigenvalue weighted by molar-refractivity contribution is 0.167. The third-order valence-corrected chi connectivity index (χ3v) is 14.3. The molecule has 34 heavy (non-hydrogen) atoms. The van der Waals surface area contributed by atoms with E-state index in [0.29, 0.717) is 0 Å². The molecule has 184 valence electrons. The number of aliphatic hydroxyl groups is 1. The number of rotatable bonds is 4. The van der Waals surface area contributed by atoms with Crippen LogP contribution in [0, 0.1) is 51.6 Å². The maximum Gasteiger partial charge on any atom is 0.0803 e. The lowest BCUT2D eigenvalue weighted by Gasteiger charge is -2.10. The lowest BCUT2D eigenvalue weighted by Crippen LogP contribution is -2.00. The van der Waals surface area contributed by atoms with Gasteiger partial charge >= 0.3 is 0 Å². The zero-order valence-electron chi connectivity index (χ0n) is 20.3. The predicted octanol–water partition coefficient (Wildman–Crippen LogP) is 10.6. The molecule has 4 aromatic rings. The minimum Gasteiger partial charge on any atom is -0.388 e. The van der Waals surface area contributed by atoms with E-state index in [1.54, 1.807) is 11.3 Å². The second kappa shape index (κ2) is 15.0. The van der Waals surface area contributed by atoms with E-state index in [1.807, 2.05) is 40.9 Å². The molecular formula is C27H31I3OS3. The molecule has 0 aliphatic rings. The van der Waals surface area contributed by atoms with E-state index in [1.165, 1.54) is 46.9 Å². The summed E-state index contributed by atoms with van der Waals surface area (Å²) in [6.45, 7) is 12.9. The van der Waals surface area contributed by atoms with Crippen molar-refractivity contribution in [2.75, 3.05) is 0 Å². The van der Waals surface area contributed by atoms with Crippen LogP contribution in [0.25, 0.3) is 0 Å². The Morgan fingerprint density at radius 3 is 1.71 bits per heavy atom. The van der Waals surface area contributed by atoms with Gasteiger partial charge in [0.1, 0.15) is 0 Å². The maximum absolute atomic E-state index is 10.2. The average molecular weight is 848 g/mol. The van der Waals surface area contributed by atoms with Gasteiger partial charge in [-0.15, -0.1) is 34.0 Å². The molecular weight excluding hydrogens is 817 g/mol. The van der Waals surface area contributed by atoms with Crippen molar-refractivity contribution in [3.8, 4) is 0 Å². The smallest absolute Gasteiger partial charge is 0.0803 e. The van der Waals surface area contributed by atoms with Gasteiger partial charge in [-0.05, 0) is 155 Å². The van der Waals surface area contributed by atoms with Crippen LogP contribution in [-0.2, 0) is 6.42 Å². The van der Waals surface area contributed by atoms with Gasteiger partial charge in [0.2, 0.25) is 0 Å². The van der Waals surface area contributed by atoms with Crippen LogP contribution in [0.5, 0.6) is 0 Å². The minimum absolute atomic E-state index is 0.333. The van der Waals surface area contributed by atoms with E-state index in [9.17, 15) is 5.11 Å². The summed E-state index contributed by atoms with van der Waals surface area (Å²) in [5.41, 5.74) is 6.52. The van der Waals surface area contributed by atoms with Crippen LogP contribution in [0.4, 0.5) is 0 Å². The molecule has 0 aliphatic carbocycles. The Morgan fingerprint density at radius 1 is 0.765 bits per heavy atom. The normalized spacial score (nSPS) is 11.4. The number of hydrogen-bond donors (Lipinski definition) is 1. The Balaban J connectivity index is 0.000000201. The Hall–Kier alpha value is 0.470. The molecule has 1 N–H and O–H groups in total. The van der Waals surface area contributed by atoms with E-state index in [2.05, 4.69) is 132 Å². The molecule has 0 amide bonds. The van der Waals surface area contributed by atoms with Crippen LogP contribution >= 0.6 is 102 Å². The van der Waals surface area contributed by atoms with Crippen molar-refractivity contribution in [3.63, 3.8) is 0 Å². The van der Waals surface area contributed by atoms with Crippen molar-refractivity contribution in [1.82, 2.24) is 0 Å². The third kappa shape index (κ3) is 9.09. The molecule has 0 spiro atoms. The van der Waals surface area contributed by atoms with Gasteiger partial charge in [0.15, 0.2) is 0 Å². The molecule has 4 rings (SSSR count). The fourth-order valence-electron chi connectivity index (χ4n) is 3.01. The molecule has 0 bridgehead atoms. The van der Waals surface area contributed by atoms with Crippen molar-refractivity contribution < 1.29 is 5.11 Å². The van der Waals surface area contributed by atoms with Crippen molar-refractivity contribution >= 4 is 102 Å². The van der Waals surface area contributed by atoms with Crippen LogP contribution < -0.4 is 0 Å². The van der Waals surface area contributed by atoms with Crippen LogP contribution in [0.1, 0.15) is 55.0 Å². The van der Waals surface area contributed by atoms with Crippen LogP contribution in [0.2, 0.25) is 0 Å². The zero-order valence-corrected chi connectivity index (χ0v) is 29.3. The summed E-state index contributed by atoms with van der Waals surface area (Å²) in [4.78, 5) is 4.19. The monoisotopic (exact) mass is 848 g/mol. The van der Waals surface area contributed by atoms with Gasteiger partial charge in [0.25, 0.3) is 0 Å². The van der Waals surface area contributed by atoms with E-state index < -0.39 is 0 Å². The van der Waals surface area contributed by atoms with Crippen LogP contribution in [-0.4, -0.2) is 5.11 Å². The highest BCUT2D eigenvalue weighted by atomic mass is 127. The van der Waals surface area contributed by atoms with E-state index in [0.717, 1.165) is 18.4 Å². The first-order valence-electron chi connectivity index (χ1n) is 10.9. The predicted molar refractivity (Wildman–Crippen MR) is 179 cm³/mol. The molecule has 1 nitrogen and oxygen atoms in total. The Morgan fingerprint density at radius 2 is 1.35 bits per heavy atom. The number of halogens is 3. The second-order valence-corrected chi connectivity index (χ2v) is 15.5. The largest absolute Gasteiger partial charge is 0.388 e. The molecule has 1 atom stereocenters. The summed E-state index contributed by atoms with van der Waals surface area (Å²) in [6.07, 6.45) is 1.39. The average Bonchev–Trinajstić information content (AvgIpc) is 3.40. The number of thiophene rings is 3. The highest BCUT2D eigenvalue weighted by molar-refractivity contribution is 14.1. The van der Waals surface area contributed by atoms with Crippen molar-refractivity contribution in [3.05, 3.63) is 93.6 Å². The first kappa shape index (κ1) is 30.7. The molecule has 0 fully saturated rings. The van der Waals surface area contributed by atoms with Crippen molar-refractivity contribution in [2.24, 2.45) is 0 Å². The summed E-state index contributed by atoms with van der Waals surface area (Å²) in [5, 5.41) is 14.5. The maximum atomic E-state index is 10.2. The molecule has 0 aliphatic heterocycles. The summed E-state index contributed by atoms with van der Waals surface area (Å²) in [6, 6.07) is 10.3. The van der Waals surface area contributed by atoms with Gasteiger partial charge in [0, 0.05) is 27.2 Å². The van der Waals surface area contributed by atoms with E-state index in [4.69, 9.17) is 0 Å². The number of benzene rings is 1. The summed E-state index contributed by atoms with van der Waals surface area (Å²) in [5.74, 6) is 0. The second-order valence-electron chi connectivity index (χ2n) is 8.05. The molecule has 7 heteroatoms. The lowest BCUT2D eigenvalue weighted by atomic mass is 10.0. The minimum atomic E-state index is -0.333. The third-order valence-electron chi connectivity index (χ3n) is 5.73. The highest BCUT2D eigenvalue weighted by Crippen LogP contribution is 2.30. The van der Waals surface area contributed by atoms with Gasteiger partial charge in [-0.25, -0.2) is 0 Å². The topological polar surface area (TPSA) is 20.2 Å². The number of hydrogen-bond acceptors (Lipinski definition) is 4. The van der Waals surface area contributed by atoms with Gasteiger partial charge in [-0.2, -0.15) is 0 Å². The van der Waals surface area contributed by atoms with Gasteiger partial charge in [-0.1, -0.05) is 30.3 Å². The Labute approximate surface area is 257 Å². The fourth-order valence-corrected chi connectivity index (χ4v) is 8.73. The Kier molecular flexibility index (Phi) is 13.6. The molecule has 0 saturated heterocycles. The molecule has 1 aromatic carbocycles. The van der Waals surface area contributed by atoms with Gasteiger partial charge < -0.3 is 5.11 Å². The fraction of sp³-hybridized carbons (Fsp3) is 0.333. The molecule has 0 radical (unpaired) electrons. The number of aliphatic hydroxyl groups excluding tert-OH is 1. The zero-order chi connectivity index (χ0) is 25.4. The molecule has 0 saturated carbocycles. The summed E-state index contributed by atoms with van der Waals surface area (Å²) >= 11 is 12.5. The first-order chi connectivity index (χ1) is 16.0. The molecule has 3 aromatic heterocycles. The first-order valence-corrected chi connectivity index (χ1v) is 16.7. The highest BCUT2D eigenvalue weighted by Gasteiger charge is 2.13. The number of aryl methyl sites for hydroxylation is 4. The van der Waals surface area contributed by atoms with Gasteiger partial charge in [0.05, 0.1) is 8.99 Å². The SMILES string of the molecule is Cc1sc(I)c(I)c1C.Cc1scc(C(O)CCc2ccccc2)c1C.Cc1scc(I)c1C. The van der Waals surface area contributed by atoms with E-state index in [-0.39, 0.29) is 6.10 Å². The van der Waals surface area contributed by atoms with Crippen molar-refractivity contribution in [2.45, 2.75) is 60.5 Å². The van der Waals surface area contributed by atoms with Gasteiger partial charge in [-0.3, -0.25) is 0 Å². The summed E-state index contributed by atoms with van der Waals surface area (Å²) < 4.78 is 4.24.